The molecule has 0 aliphatic carbocycles. The van der Waals surface area contributed by atoms with Gasteiger partial charge in [-0.15, -0.1) is 12.3 Å². The van der Waals surface area contributed by atoms with Gasteiger partial charge in [0.15, 0.2) is 0 Å². The zero-order chi connectivity index (χ0) is 8.10. The number of terminal acetylenes is 1. The SMILES string of the molecule is C#CCCc1cccc(I)c1. The van der Waals surface area contributed by atoms with Crippen molar-refractivity contribution in [2.45, 2.75) is 12.8 Å². The predicted molar refractivity (Wildman–Crippen MR) is 56.3 cm³/mol. The van der Waals surface area contributed by atoms with Gasteiger partial charge < -0.3 is 0 Å². The highest BCUT2D eigenvalue weighted by Gasteiger charge is 1.91. The van der Waals surface area contributed by atoms with Crippen LogP contribution in [0, 0.1) is 15.9 Å². The maximum absolute atomic E-state index is 5.16. The molecule has 0 atom stereocenters. The Hall–Kier alpha value is -0.490. The lowest BCUT2D eigenvalue weighted by Gasteiger charge is -1.96. The Labute approximate surface area is 81.2 Å². The van der Waals surface area contributed by atoms with Crippen LogP contribution in [0.15, 0.2) is 24.3 Å². The number of benzene rings is 1. The highest BCUT2D eigenvalue weighted by atomic mass is 127. The summed E-state index contributed by atoms with van der Waals surface area (Å²) >= 11 is 2.31. The molecule has 11 heavy (non-hydrogen) atoms. The summed E-state index contributed by atoms with van der Waals surface area (Å²) in [7, 11) is 0. The van der Waals surface area contributed by atoms with Gasteiger partial charge in [-0.2, -0.15) is 0 Å². The zero-order valence-electron chi connectivity index (χ0n) is 6.18. The van der Waals surface area contributed by atoms with Crippen LogP contribution in [0.1, 0.15) is 12.0 Å². The van der Waals surface area contributed by atoms with E-state index >= 15 is 0 Å². The van der Waals surface area contributed by atoms with Crippen molar-refractivity contribution in [1.29, 1.82) is 0 Å². The van der Waals surface area contributed by atoms with Crippen molar-refractivity contribution in [2.24, 2.45) is 0 Å². The molecule has 0 aliphatic rings. The predicted octanol–water partition coefficient (Wildman–Crippen LogP) is 2.86. The summed E-state index contributed by atoms with van der Waals surface area (Å²) in [4.78, 5) is 0. The standard InChI is InChI=1S/C10H9I/c1-2-3-5-9-6-4-7-10(11)8-9/h1,4,6-8H,3,5H2. The molecule has 0 heterocycles. The van der Waals surface area contributed by atoms with E-state index in [9.17, 15) is 0 Å². The van der Waals surface area contributed by atoms with Gasteiger partial charge in [-0.05, 0) is 46.7 Å². The minimum absolute atomic E-state index is 0.833. The van der Waals surface area contributed by atoms with Crippen molar-refractivity contribution >= 4 is 22.6 Å². The van der Waals surface area contributed by atoms with Crippen LogP contribution in [-0.2, 0) is 6.42 Å². The van der Waals surface area contributed by atoms with Crippen LogP contribution in [0.5, 0.6) is 0 Å². The molecule has 1 heteroatoms. The number of hydrogen-bond donors (Lipinski definition) is 0. The van der Waals surface area contributed by atoms with Crippen molar-refractivity contribution in [3.8, 4) is 12.3 Å². The lowest BCUT2D eigenvalue weighted by molar-refractivity contribution is 1.03. The lowest BCUT2D eigenvalue weighted by Crippen LogP contribution is -1.83. The second-order valence-electron chi connectivity index (χ2n) is 2.33. The van der Waals surface area contributed by atoms with Crippen molar-refractivity contribution in [2.75, 3.05) is 0 Å². The molecule has 0 saturated carbocycles. The summed E-state index contributed by atoms with van der Waals surface area (Å²) in [5, 5.41) is 0. The first-order valence-electron chi connectivity index (χ1n) is 3.51. The van der Waals surface area contributed by atoms with Crippen LogP contribution in [0.3, 0.4) is 0 Å². The summed E-state index contributed by atoms with van der Waals surface area (Å²) in [6.45, 7) is 0. The van der Waals surface area contributed by atoms with E-state index in [1.165, 1.54) is 9.13 Å². The molecule has 0 N–H and O–H groups in total. The first-order valence-corrected chi connectivity index (χ1v) is 4.58. The minimum Gasteiger partial charge on any atom is -0.120 e. The molecule has 56 valence electrons. The molecule has 0 amide bonds. The molecule has 0 unspecified atom stereocenters. The molecule has 0 radical (unpaired) electrons. The number of rotatable bonds is 2. The zero-order valence-corrected chi connectivity index (χ0v) is 8.34. The summed E-state index contributed by atoms with van der Waals surface area (Å²) < 4.78 is 1.28. The van der Waals surface area contributed by atoms with E-state index in [1.807, 2.05) is 0 Å². The van der Waals surface area contributed by atoms with Gasteiger partial charge in [0.1, 0.15) is 0 Å². The van der Waals surface area contributed by atoms with E-state index in [-0.39, 0.29) is 0 Å². The van der Waals surface area contributed by atoms with E-state index < -0.39 is 0 Å². The highest BCUT2D eigenvalue weighted by molar-refractivity contribution is 14.1. The van der Waals surface area contributed by atoms with Gasteiger partial charge in [0.25, 0.3) is 0 Å². The maximum atomic E-state index is 5.16. The largest absolute Gasteiger partial charge is 0.120 e. The van der Waals surface area contributed by atoms with Crippen molar-refractivity contribution in [3.63, 3.8) is 0 Å². The average molecular weight is 256 g/mol. The quantitative estimate of drug-likeness (QED) is 0.563. The van der Waals surface area contributed by atoms with E-state index in [1.54, 1.807) is 0 Å². The number of aryl methyl sites for hydroxylation is 1. The van der Waals surface area contributed by atoms with Gasteiger partial charge in [0.2, 0.25) is 0 Å². The van der Waals surface area contributed by atoms with Crippen LogP contribution in [0.4, 0.5) is 0 Å². The van der Waals surface area contributed by atoms with Crippen molar-refractivity contribution in [1.82, 2.24) is 0 Å². The van der Waals surface area contributed by atoms with Crippen LogP contribution in [-0.4, -0.2) is 0 Å². The maximum Gasteiger partial charge on any atom is 0.0133 e. The summed E-state index contributed by atoms with van der Waals surface area (Å²) in [6.07, 6.45) is 6.99. The first-order chi connectivity index (χ1) is 5.33. The third-order valence-electron chi connectivity index (χ3n) is 1.45. The second kappa shape index (κ2) is 4.40. The molecule has 0 bridgehead atoms. The molecule has 1 rings (SSSR count). The van der Waals surface area contributed by atoms with Gasteiger partial charge in [-0.25, -0.2) is 0 Å². The Morgan fingerprint density at radius 1 is 1.45 bits per heavy atom. The molecule has 0 saturated heterocycles. The highest BCUT2D eigenvalue weighted by Crippen LogP contribution is 2.08. The molecule has 0 nitrogen and oxygen atoms in total. The third kappa shape index (κ3) is 2.94. The topological polar surface area (TPSA) is 0 Å². The van der Waals surface area contributed by atoms with Crippen LogP contribution in [0.2, 0.25) is 0 Å². The van der Waals surface area contributed by atoms with Gasteiger partial charge in [0, 0.05) is 9.99 Å². The molecule has 1 aromatic rings. The van der Waals surface area contributed by atoms with E-state index in [4.69, 9.17) is 6.42 Å². The minimum atomic E-state index is 0.833. The fourth-order valence-corrected chi connectivity index (χ4v) is 1.52. The van der Waals surface area contributed by atoms with E-state index in [0.29, 0.717) is 0 Å². The van der Waals surface area contributed by atoms with E-state index in [0.717, 1.165) is 12.8 Å². The monoisotopic (exact) mass is 256 g/mol. The lowest BCUT2D eigenvalue weighted by atomic mass is 10.1. The fraction of sp³-hybridized carbons (Fsp3) is 0.200. The van der Waals surface area contributed by atoms with Crippen molar-refractivity contribution in [3.05, 3.63) is 33.4 Å². The first kappa shape index (κ1) is 8.61. The normalized spacial score (nSPS) is 9.09. The van der Waals surface area contributed by atoms with Crippen LogP contribution >= 0.6 is 22.6 Å². The van der Waals surface area contributed by atoms with Crippen molar-refractivity contribution < 1.29 is 0 Å². The smallest absolute Gasteiger partial charge is 0.0133 e. The Bertz CT molecular complexity index is 270. The molecule has 0 fully saturated rings. The van der Waals surface area contributed by atoms with Gasteiger partial charge >= 0.3 is 0 Å². The number of halogens is 1. The Morgan fingerprint density at radius 3 is 2.91 bits per heavy atom. The summed E-state index contributed by atoms with van der Waals surface area (Å²) in [5.74, 6) is 2.63. The van der Waals surface area contributed by atoms with Gasteiger partial charge in [0.05, 0.1) is 0 Å². The molecule has 1 aromatic carbocycles. The van der Waals surface area contributed by atoms with Gasteiger partial charge in [-0.3, -0.25) is 0 Å². The molecular weight excluding hydrogens is 247 g/mol. The third-order valence-corrected chi connectivity index (χ3v) is 2.12. The summed E-state index contributed by atoms with van der Waals surface area (Å²) in [6, 6.07) is 8.42. The fourth-order valence-electron chi connectivity index (χ4n) is 0.909. The Balaban J connectivity index is 2.65. The average Bonchev–Trinajstić information content (AvgIpc) is 2.01. The Kier molecular flexibility index (Phi) is 3.44. The van der Waals surface area contributed by atoms with Crippen LogP contribution < -0.4 is 0 Å². The molecular formula is C10H9I. The Morgan fingerprint density at radius 2 is 2.27 bits per heavy atom. The van der Waals surface area contributed by atoms with Crippen LogP contribution in [0.25, 0.3) is 0 Å². The molecule has 0 aromatic heterocycles. The van der Waals surface area contributed by atoms with E-state index in [2.05, 4.69) is 52.8 Å². The molecule has 0 aliphatic heterocycles. The number of hydrogen-bond acceptors (Lipinski definition) is 0. The second-order valence-corrected chi connectivity index (χ2v) is 3.58. The van der Waals surface area contributed by atoms with Gasteiger partial charge in [-0.1, -0.05) is 12.1 Å². The molecule has 0 spiro atoms. The summed E-state index contributed by atoms with van der Waals surface area (Å²) in [5.41, 5.74) is 1.33.